The summed E-state index contributed by atoms with van der Waals surface area (Å²) in [7, 11) is 4.69. The molecule has 0 unspecified atom stereocenters. The van der Waals surface area contributed by atoms with Crippen LogP contribution in [0.4, 0.5) is 0 Å². The van der Waals surface area contributed by atoms with Crippen molar-refractivity contribution in [2.24, 2.45) is 4.99 Å². The third-order valence-corrected chi connectivity index (χ3v) is 4.00. The van der Waals surface area contributed by atoms with Gasteiger partial charge in [-0.1, -0.05) is 29.8 Å². The molecule has 0 saturated heterocycles. The monoisotopic (exact) mass is 363 g/mol. The quantitative estimate of drug-likeness (QED) is 0.543. The van der Waals surface area contributed by atoms with Crippen LogP contribution in [0.15, 0.2) is 41.4 Å². The number of methoxy groups -OCH3 is 2. The summed E-state index contributed by atoms with van der Waals surface area (Å²) >= 11 is 6.15. The minimum Gasteiger partial charge on any atom is -0.502 e. The van der Waals surface area contributed by atoms with Gasteiger partial charge in [0.15, 0.2) is 17.5 Å². The summed E-state index contributed by atoms with van der Waals surface area (Å²) in [6.45, 7) is 1.04. The van der Waals surface area contributed by atoms with E-state index in [1.165, 1.54) is 14.2 Å². The molecule has 0 bridgehead atoms. The Morgan fingerprint density at radius 1 is 1.08 bits per heavy atom. The fraction of sp³-hybridized carbons (Fsp3) is 0.278. The average molecular weight is 364 g/mol. The number of phenolic OH excluding ortho intramolecular Hbond substituents is 1. The number of halogens is 1. The number of ether oxygens (including phenoxy) is 2. The number of benzene rings is 2. The van der Waals surface area contributed by atoms with E-state index in [2.05, 4.69) is 15.6 Å². The molecule has 2 rings (SSSR count). The molecule has 0 amide bonds. The predicted molar refractivity (Wildman–Crippen MR) is 99.7 cm³/mol. The molecule has 0 aromatic heterocycles. The fourth-order valence-electron chi connectivity index (χ4n) is 2.28. The molecule has 2 aromatic rings. The van der Waals surface area contributed by atoms with Gasteiger partial charge in [-0.3, -0.25) is 4.99 Å². The van der Waals surface area contributed by atoms with Gasteiger partial charge in [0.1, 0.15) is 0 Å². The molecule has 0 atom stereocenters. The maximum atomic E-state index is 9.95. The first-order valence-corrected chi connectivity index (χ1v) is 8.08. The normalized spacial score (nSPS) is 11.1. The van der Waals surface area contributed by atoms with E-state index < -0.39 is 0 Å². The summed E-state index contributed by atoms with van der Waals surface area (Å²) in [5.74, 6) is 1.33. The van der Waals surface area contributed by atoms with E-state index in [1.54, 1.807) is 19.2 Å². The molecule has 0 heterocycles. The molecule has 0 saturated carbocycles. The number of guanidine groups is 1. The summed E-state index contributed by atoms with van der Waals surface area (Å²) in [6, 6.07) is 11.1. The van der Waals surface area contributed by atoms with Crippen molar-refractivity contribution in [1.29, 1.82) is 0 Å². The number of nitrogens with one attached hydrogen (secondary N) is 2. The van der Waals surface area contributed by atoms with Gasteiger partial charge in [0.2, 0.25) is 5.75 Å². The van der Waals surface area contributed by atoms with Crippen molar-refractivity contribution in [2.45, 2.75) is 13.1 Å². The summed E-state index contributed by atoms with van der Waals surface area (Å²) in [6.07, 6.45) is 0. The van der Waals surface area contributed by atoms with Gasteiger partial charge >= 0.3 is 0 Å². The van der Waals surface area contributed by atoms with Crippen molar-refractivity contribution in [3.8, 4) is 17.2 Å². The third-order valence-electron chi connectivity index (χ3n) is 3.63. The minimum absolute atomic E-state index is 0.0185. The summed E-state index contributed by atoms with van der Waals surface area (Å²) in [4.78, 5) is 4.19. The van der Waals surface area contributed by atoms with E-state index in [1.807, 2.05) is 24.3 Å². The van der Waals surface area contributed by atoms with Gasteiger partial charge in [-0.25, -0.2) is 0 Å². The highest BCUT2D eigenvalue weighted by atomic mass is 35.5. The summed E-state index contributed by atoms with van der Waals surface area (Å²) < 4.78 is 10.3. The van der Waals surface area contributed by atoms with Crippen molar-refractivity contribution in [2.75, 3.05) is 21.3 Å². The number of phenols is 1. The predicted octanol–water partition coefficient (Wildman–Crippen LogP) is 2.93. The van der Waals surface area contributed by atoms with Crippen LogP contribution in [0.25, 0.3) is 0 Å². The molecule has 0 radical (unpaired) electrons. The number of rotatable bonds is 6. The minimum atomic E-state index is -0.0185. The molecule has 7 heteroatoms. The van der Waals surface area contributed by atoms with Gasteiger partial charge in [0.25, 0.3) is 0 Å². The summed E-state index contributed by atoms with van der Waals surface area (Å²) in [5.41, 5.74) is 1.87. The Morgan fingerprint density at radius 2 is 1.68 bits per heavy atom. The van der Waals surface area contributed by atoms with Crippen LogP contribution in [0.1, 0.15) is 11.1 Å². The Hall–Kier alpha value is -2.60. The highest BCUT2D eigenvalue weighted by Gasteiger charge is 2.11. The fourth-order valence-corrected chi connectivity index (χ4v) is 2.48. The Labute approximate surface area is 152 Å². The van der Waals surface area contributed by atoms with Crippen LogP contribution >= 0.6 is 11.6 Å². The van der Waals surface area contributed by atoms with Crippen molar-refractivity contribution in [1.82, 2.24) is 10.6 Å². The average Bonchev–Trinajstić information content (AvgIpc) is 2.64. The number of aromatic hydroxyl groups is 1. The molecule has 0 fully saturated rings. The lowest BCUT2D eigenvalue weighted by Crippen LogP contribution is -2.36. The van der Waals surface area contributed by atoms with E-state index in [0.29, 0.717) is 35.6 Å². The number of hydrogen-bond donors (Lipinski definition) is 3. The SMILES string of the molecule is CN=C(NCc1cc(OC)c(O)c(OC)c1)NCc1ccccc1Cl. The third kappa shape index (κ3) is 4.93. The van der Waals surface area contributed by atoms with Crippen LogP contribution in [0.3, 0.4) is 0 Å². The standard InChI is InChI=1S/C18H22ClN3O3/c1-20-18(22-11-13-6-4-5-7-14(13)19)21-10-12-8-15(24-2)17(23)16(9-12)25-3/h4-9,23H,10-11H2,1-3H3,(H2,20,21,22). The van der Waals surface area contributed by atoms with Crippen LogP contribution in [-0.4, -0.2) is 32.3 Å². The zero-order chi connectivity index (χ0) is 18.2. The Bertz CT molecular complexity index is 725. The lowest BCUT2D eigenvalue weighted by molar-refractivity contribution is 0.339. The van der Waals surface area contributed by atoms with Gasteiger partial charge in [0.05, 0.1) is 14.2 Å². The topological polar surface area (TPSA) is 75.1 Å². The molecule has 0 aliphatic carbocycles. The molecule has 3 N–H and O–H groups in total. The first-order chi connectivity index (χ1) is 12.1. The second-order valence-corrected chi connectivity index (χ2v) is 5.63. The van der Waals surface area contributed by atoms with Crippen LogP contribution < -0.4 is 20.1 Å². The molecule has 25 heavy (non-hydrogen) atoms. The smallest absolute Gasteiger partial charge is 0.200 e. The van der Waals surface area contributed by atoms with Crippen LogP contribution in [0.5, 0.6) is 17.2 Å². The maximum absolute atomic E-state index is 9.95. The van der Waals surface area contributed by atoms with Crippen molar-refractivity contribution < 1.29 is 14.6 Å². The molecule has 6 nitrogen and oxygen atoms in total. The van der Waals surface area contributed by atoms with Crippen molar-refractivity contribution in [3.63, 3.8) is 0 Å². The van der Waals surface area contributed by atoms with Crippen molar-refractivity contribution >= 4 is 17.6 Å². The largest absolute Gasteiger partial charge is 0.502 e. The maximum Gasteiger partial charge on any atom is 0.200 e. The van der Waals surface area contributed by atoms with Crippen LogP contribution in [-0.2, 0) is 13.1 Å². The molecule has 0 aliphatic heterocycles. The Balaban J connectivity index is 2.00. The first kappa shape index (κ1) is 18.7. The second-order valence-electron chi connectivity index (χ2n) is 5.22. The Kier molecular flexibility index (Phi) is 6.77. The van der Waals surface area contributed by atoms with E-state index in [4.69, 9.17) is 21.1 Å². The molecule has 0 spiro atoms. The van der Waals surface area contributed by atoms with Crippen molar-refractivity contribution in [3.05, 3.63) is 52.5 Å². The first-order valence-electron chi connectivity index (χ1n) is 7.70. The van der Waals surface area contributed by atoms with Gasteiger partial charge in [-0.2, -0.15) is 0 Å². The molecular formula is C18H22ClN3O3. The van der Waals surface area contributed by atoms with E-state index in [-0.39, 0.29) is 5.75 Å². The zero-order valence-corrected chi connectivity index (χ0v) is 15.2. The Morgan fingerprint density at radius 3 is 2.24 bits per heavy atom. The lowest BCUT2D eigenvalue weighted by atomic mass is 10.2. The molecular weight excluding hydrogens is 342 g/mol. The molecule has 0 aliphatic rings. The van der Waals surface area contributed by atoms with Crippen LogP contribution in [0, 0.1) is 0 Å². The van der Waals surface area contributed by atoms with Crippen LogP contribution in [0.2, 0.25) is 5.02 Å². The van der Waals surface area contributed by atoms with E-state index in [9.17, 15) is 5.11 Å². The number of aliphatic imine (C=N–C) groups is 1. The van der Waals surface area contributed by atoms with Gasteiger partial charge in [-0.15, -0.1) is 0 Å². The van der Waals surface area contributed by atoms with E-state index in [0.717, 1.165) is 11.1 Å². The second kappa shape index (κ2) is 9.03. The number of hydrogen-bond acceptors (Lipinski definition) is 4. The molecule has 2 aromatic carbocycles. The highest BCUT2D eigenvalue weighted by Crippen LogP contribution is 2.36. The lowest BCUT2D eigenvalue weighted by Gasteiger charge is -2.14. The zero-order valence-electron chi connectivity index (χ0n) is 14.5. The number of nitrogens with zero attached hydrogens (tertiary/aromatic N) is 1. The molecule has 134 valence electrons. The highest BCUT2D eigenvalue weighted by molar-refractivity contribution is 6.31. The van der Waals surface area contributed by atoms with Gasteiger partial charge < -0.3 is 25.2 Å². The van der Waals surface area contributed by atoms with E-state index >= 15 is 0 Å². The van der Waals surface area contributed by atoms with Gasteiger partial charge in [0, 0.05) is 25.2 Å². The van der Waals surface area contributed by atoms with Gasteiger partial charge in [-0.05, 0) is 29.3 Å². The summed E-state index contributed by atoms with van der Waals surface area (Å²) in [5, 5.41) is 17.1.